The first-order valence-electron chi connectivity index (χ1n) is 11.7. The summed E-state index contributed by atoms with van der Waals surface area (Å²) in [5.74, 6) is 0.765. The third-order valence-electron chi connectivity index (χ3n) is 6.68. The molecule has 4 rings (SSSR count). The molecule has 2 aliphatic rings. The Morgan fingerprint density at radius 1 is 0.941 bits per heavy atom. The molecule has 2 aromatic carbocycles. The van der Waals surface area contributed by atoms with Crippen LogP contribution in [0.25, 0.3) is 0 Å². The topological polar surface area (TPSA) is 66.9 Å². The second-order valence-corrected chi connectivity index (χ2v) is 11.9. The average molecular weight is 525 g/mol. The Hall–Kier alpha value is -1.80. The van der Waals surface area contributed by atoms with E-state index in [1.54, 1.807) is 12.1 Å². The molecular formula is C25H30Cl2N2O4S. The summed E-state index contributed by atoms with van der Waals surface area (Å²) in [4.78, 5) is 15.2. The number of rotatable bonds is 7. The van der Waals surface area contributed by atoms with E-state index in [0.717, 1.165) is 32.4 Å². The quantitative estimate of drug-likeness (QED) is 0.496. The van der Waals surface area contributed by atoms with Gasteiger partial charge < -0.3 is 9.64 Å². The molecule has 0 aliphatic carbocycles. The number of ether oxygens (including phenoxy) is 1. The number of benzene rings is 2. The SMILES string of the molecule is O=C(C[C@]1(COc2ccccc2)CCCN(S(=O)(=O)c2cccc(Cl)c2Cl)C1)N1CCCCC1. The number of sulfonamides is 1. The molecule has 0 radical (unpaired) electrons. The first-order chi connectivity index (χ1) is 16.3. The maximum absolute atomic E-state index is 13.6. The zero-order chi connectivity index (χ0) is 24.2. The standard InChI is InChI=1S/C25H30Cl2N2O4S/c26-21-11-7-12-22(24(21)27)34(31,32)29-16-8-13-25(18-29,19-33-20-9-3-1-4-10-20)17-23(30)28-14-5-2-6-15-28/h1,3-4,7,9-12H,2,5-6,8,13-19H2/t25-/m1/s1. The minimum absolute atomic E-state index is 0.0104. The lowest BCUT2D eigenvalue weighted by Gasteiger charge is -2.42. The van der Waals surface area contributed by atoms with E-state index in [2.05, 4.69) is 0 Å². The van der Waals surface area contributed by atoms with E-state index in [1.807, 2.05) is 35.2 Å². The fourth-order valence-corrected chi connectivity index (χ4v) is 7.16. The monoisotopic (exact) mass is 524 g/mol. The normalized spacial score (nSPS) is 21.9. The lowest BCUT2D eigenvalue weighted by Crippen LogP contribution is -2.51. The lowest BCUT2D eigenvalue weighted by atomic mass is 9.78. The zero-order valence-electron chi connectivity index (χ0n) is 19.1. The van der Waals surface area contributed by atoms with Gasteiger partial charge in [0.2, 0.25) is 15.9 Å². The van der Waals surface area contributed by atoms with Crippen LogP contribution in [0.15, 0.2) is 53.4 Å². The molecule has 0 spiro atoms. The lowest BCUT2D eigenvalue weighted by molar-refractivity contribution is -0.136. The van der Waals surface area contributed by atoms with Crippen molar-refractivity contribution in [3.8, 4) is 5.75 Å². The van der Waals surface area contributed by atoms with Crippen LogP contribution in [0.2, 0.25) is 10.0 Å². The summed E-state index contributed by atoms with van der Waals surface area (Å²) in [6.07, 6.45) is 4.73. The van der Waals surface area contributed by atoms with Crippen molar-refractivity contribution in [3.63, 3.8) is 0 Å². The Morgan fingerprint density at radius 3 is 2.41 bits per heavy atom. The van der Waals surface area contributed by atoms with Gasteiger partial charge in [-0.05, 0) is 56.4 Å². The van der Waals surface area contributed by atoms with Crippen LogP contribution < -0.4 is 4.74 Å². The first-order valence-corrected chi connectivity index (χ1v) is 13.9. The number of amides is 1. The van der Waals surface area contributed by atoms with E-state index in [0.29, 0.717) is 25.1 Å². The van der Waals surface area contributed by atoms with Crippen molar-refractivity contribution in [3.05, 3.63) is 58.6 Å². The molecule has 2 aliphatic heterocycles. The average Bonchev–Trinajstić information content (AvgIpc) is 2.86. The molecule has 0 bridgehead atoms. The largest absolute Gasteiger partial charge is 0.493 e. The van der Waals surface area contributed by atoms with Crippen LogP contribution in [-0.2, 0) is 14.8 Å². The van der Waals surface area contributed by atoms with Gasteiger partial charge in [0.1, 0.15) is 10.6 Å². The van der Waals surface area contributed by atoms with Gasteiger partial charge in [-0.25, -0.2) is 8.42 Å². The molecule has 1 atom stereocenters. The molecule has 6 nitrogen and oxygen atoms in total. The molecule has 0 unspecified atom stereocenters. The van der Waals surface area contributed by atoms with Crippen molar-refractivity contribution in [2.24, 2.45) is 5.41 Å². The summed E-state index contributed by atoms with van der Waals surface area (Å²) in [5.41, 5.74) is -0.638. The van der Waals surface area contributed by atoms with Crippen molar-refractivity contribution in [2.75, 3.05) is 32.8 Å². The van der Waals surface area contributed by atoms with Gasteiger partial charge in [-0.1, -0.05) is 47.5 Å². The number of hydrogen-bond donors (Lipinski definition) is 0. The molecule has 2 aromatic rings. The summed E-state index contributed by atoms with van der Waals surface area (Å²) in [6.45, 7) is 2.32. The van der Waals surface area contributed by atoms with Crippen LogP contribution in [0, 0.1) is 5.41 Å². The highest BCUT2D eigenvalue weighted by Gasteiger charge is 2.43. The molecule has 0 N–H and O–H groups in total. The maximum atomic E-state index is 13.6. The third kappa shape index (κ3) is 5.70. The van der Waals surface area contributed by atoms with Gasteiger partial charge in [0.15, 0.2) is 0 Å². The van der Waals surface area contributed by atoms with Crippen LogP contribution in [0.4, 0.5) is 0 Å². The van der Waals surface area contributed by atoms with Crippen LogP contribution in [0.1, 0.15) is 38.5 Å². The smallest absolute Gasteiger partial charge is 0.244 e. The number of carbonyl (C=O) groups is 1. The highest BCUT2D eigenvalue weighted by Crippen LogP contribution is 2.39. The number of likely N-dealkylation sites (tertiary alicyclic amines) is 1. The van der Waals surface area contributed by atoms with Gasteiger partial charge in [0.25, 0.3) is 0 Å². The van der Waals surface area contributed by atoms with E-state index in [1.165, 1.54) is 10.4 Å². The summed E-state index contributed by atoms with van der Waals surface area (Å²) < 4.78 is 34.7. The number of piperidine rings is 2. The number of nitrogens with zero attached hydrogens (tertiary/aromatic N) is 2. The summed E-state index contributed by atoms with van der Waals surface area (Å²) >= 11 is 12.4. The maximum Gasteiger partial charge on any atom is 0.244 e. The first kappa shape index (κ1) is 25.3. The minimum Gasteiger partial charge on any atom is -0.493 e. The van der Waals surface area contributed by atoms with E-state index < -0.39 is 15.4 Å². The molecule has 34 heavy (non-hydrogen) atoms. The minimum atomic E-state index is -3.89. The number of para-hydroxylation sites is 1. The van der Waals surface area contributed by atoms with Crippen molar-refractivity contribution < 1.29 is 17.9 Å². The molecule has 9 heteroatoms. The van der Waals surface area contributed by atoms with Crippen LogP contribution in [0.3, 0.4) is 0 Å². The van der Waals surface area contributed by atoms with Gasteiger partial charge in [0.05, 0.1) is 16.7 Å². The Morgan fingerprint density at radius 2 is 1.68 bits per heavy atom. The Balaban J connectivity index is 1.60. The molecule has 2 heterocycles. The van der Waals surface area contributed by atoms with Crippen LogP contribution >= 0.6 is 23.2 Å². The Labute approximate surface area is 211 Å². The Bertz CT molecular complexity index is 1110. The van der Waals surface area contributed by atoms with E-state index in [-0.39, 0.29) is 40.4 Å². The molecule has 184 valence electrons. The summed E-state index contributed by atoms with van der Waals surface area (Å²) in [6, 6.07) is 14.0. The van der Waals surface area contributed by atoms with E-state index >= 15 is 0 Å². The second-order valence-electron chi connectivity index (χ2n) is 9.21. The van der Waals surface area contributed by atoms with E-state index in [9.17, 15) is 13.2 Å². The van der Waals surface area contributed by atoms with Crippen LogP contribution in [0.5, 0.6) is 5.75 Å². The second kappa shape index (κ2) is 10.9. The predicted molar refractivity (Wildman–Crippen MR) is 134 cm³/mol. The number of carbonyl (C=O) groups excluding carboxylic acids is 1. The molecule has 2 fully saturated rings. The highest BCUT2D eigenvalue weighted by molar-refractivity contribution is 7.89. The fourth-order valence-electron chi connectivity index (χ4n) is 4.83. The number of halogens is 2. The fraction of sp³-hybridized carbons (Fsp3) is 0.480. The van der Waals surface area contributed by atoms with Gasteiger partial charge in [0, 0.05) is 38.0 Å². The molecular weight excluding hydrogens is 495 g/mol. The molecule has 1 amide bonds. The van der Waals surface area contributed by atoms with Crippen molar-refractivity contribution in [2.45, 2.75) is 43.4 Å². The zero-order valence-corrected chi connectivity index (χ0v) is 21.4. The van der Waals surface area contributed by atoms with E-state index in [4.69, 9.17) is 27.9 Å². The Kier molecular flexibility index (Phi) is 8.08. The molecule has 0 aromatic heterocycles. The summed E-state index contributed by atoms with van der Waals surface area (Å²) in [7, 11) is -3.89. The molecule has 2 saturated heterocycles. The highest BCUT2D eigenvalue weighted by atomic mass is 35.5. The number of hydrogen-bond acceptors (Lipinski definition) is 4. The van der Waals surface area contributed by atoms with Gasteiger partial charge in [-0.3, -0.25) is 4.79 Å². The molecule has 0 saturated carbocycles. The van der Waals surface area contributed by atoms with Crippen molar-refractivity contribution in [1.29, 1.82) is 0 Å². The van der Waals surface area contributed by atoms with Crippen molar-refractivity contribution >= 4 is 39.1 Å². The van der Waals surface area contributed by atoms with Crippen molar-refractivity contribution in [1.82, 2.24) is 9.21 Å². The predicted octanol–water partition coefficient (Wildman–Crippen LogP) is 5.25. The van der Waals surface area contributed by atoms with Crippen LogP contribution in [-0.4, -0.2) is 56.3 Å². The van der Waals surface area contributed by atoms with Gasteiger partial charge >= 0.3 is 0 Å². The van der Waals surface area contributed by atoms with Gasteiger partial charge in [-0.2, -0.15) is 4.31 Å². The summed E-state index contributed by atoms with van der Waals surface area (Å²) in [5, 5.41) is 0.212. The third-order valence-corrected chi connectivity index (χ3v) is 9.50. The van der Waals surface area contributed by atoms with Gasteiger partial charge in [-0.15, -0.1) is 0 Å².